The van der Waals surface area contributed by atoms with Crippen LogP contribution < -0.4 is 10.2 Å². The van der Waals surface area contributed by atoms with E-state index < -0.39 is 64.7 Å². The minimum absolute atomic E-state index is 0.0123. The average molecular weight is 703 g/mol. The number of anilines is 1. The molecule has 1 N–H and O–H groups in total. The maximum Gasteiger partial charge on any atom is 0.416 e. The summed E-state index contributed by atoms with van der Waals surface area (Å²) < 4.78 is 100. The predicted octanol–water partition coefficient (Wildman–Crippen LogP) is 7.68. The van der Waals surface area contributed by atoms with Crippen LogP contribution in [0.25, 0.3) is 0 Å². The Labute approximate surface area is 280 Å². The molecule has 270 valence electrons. The fraction of sp³-hybridized carbons (Fsp3) is 0.559. The van der Waals surface area contributed by atoms with E-state index in [1.54, 1.807) is 25.7 Å². The van der Waals surface area contributed by atoms with Gasteiger partial charge in [0.05, 0.1) is 17.2 Å². The van der Waals surface area contributed by atoms with Crippen LogP contribution in [0.4, 0.5) is 46.0 Å². The largest absolute Gasteiger partial charge is 0.444 e. The van der Waals surface area contributed by atoms with Crippen LogP contribution in [0.3, 0.4) is 0 Å². The molecule has 0 spiro atoms. The Hall–Kier alpha value is -4.04. The Morgan fingerprint density at radius 1 is 0.857 bits per heavy atom. The van der Waals surface area contributed by atoms with Crippen LogP contribution in [0, 0.1) is 17.7 Å². The zero-order valence-corrected chi connectivity index (χ0v) is 27.9. The van der Waals surface area contributed by atoms with E-state index in [9.17, 15) is 45.1 Å². The molecule has 4 rings (SSSR count). The second kappa shape index (κ2) is 14.4. The molecular weight excluding hydrogens is 661 g/mol. The third-order valence-corrected chi connectivity index (χ3v) is 9.07. The molecule has 1 heterocycles. The van der Waals surface area contributed by atoms with E-state index >= 15 is 0 Å². The molecule has 2 fully saturated rings. The van der Waals surface area contributed by atoms with E-state index in [1.165, 1.54) is 36.2 Å². The van der Waals surface area contributed by atoms with Crippen molar-refractivity contribution in [2.75, 3.05) is 38.6 Å². The number of rotatable bonds is 6. The van der Waals surface area contributed by atoms with E-state index in [-0.39, 0.29) is 36.9 Å². The van der Waals surface area contributed by atoms with Gasteiger partial charge in [-0.05, 0) is 88.3 Å². The van der Waals surface area contributed by atoms with Gasteiger partial charge in [0.15, 0.2) is 0 Å². The van der Waals surface area contributed by atoms with Crippen molar-refractivity contribution in [3.05, 3.63) is 65.0 Å². The van der Waals surface area contributed by atoms with Gasteiger partial charge in [-0.15, -0.1) is 0 Å². The number of amides is 4. The number of nitrogens with zero attached hydrogens (tertiary/aromatic N) is 3. The lowest BCUT2D eigenvalue weighted by Crippen LogP contribution is -2.48. The summed E-state index contributed by atoms with van der Waals surface area (Å²) in [5.41, 5.74) is -3.75. The lowest BCUT2D eigenvalue weighted by Gasteiger charge is -2.33. The number of hydrogen-bond acceptors (Lipinski definition) is 4. The zero-order valence-electron chi connectivity index (χ0n) is 27.9. The number of benzene rings is 2. The van der Waals surface area contributed by atoms with Gasteiger partial charge in [0.1, 0.15) is 11.4 Å². The van der Waals surface area contributed by atoms with Gasteiger partial charge in [-0.2, -0.15) is 26.3 Å². The van der Waals surface area contributed by atoms with Gasteiger partial charge in [0.2, 0.25) is 5.91 Å². The summed E-state index contributed by atoms with van der Waals surface area (Å²) in [6.07, 6.45) is -8.21. The van der Waals surface area contributed by atoms with Gasteiger partial charge in [0.25, 0.3) is 0 Å². The molecule has 4 amide bonds. The highest BCUT2D eigenvalue weighted by molar-refractivity contribution is 5.92. The molecule has 15 heteroatoms. The van der Waals surface area contributed by atoms with Crippen molar-refractivity contribution >= 4 is 23.7 Å². The maximum absolute atomic E-state index is 13.8. The average Bonchev–Trinajstić information content (AvgIpc) is 3.46. The standard InChI is InChI=1S/C34H41F7N4O4/c1-32(2,3)49-30(47)42-17-20-6-8-22(9-7-20)29(46)45-18-27(21-10-12-25(35)13-11-21)28(19-45)44(5)31(48)43(4)26-15-23(33(36,37)38)14-24(16-26)34(39,40)41/h10-16,20,22,27-28H,6-9,17-19H2,1-5H3,(H,42,47)/t20?,22?,27-,28+/m0/s1. The summed E-state index contributed by atoms with van der Waals surface area (Å²) in [4.78, 5) is 43.0. The molecule has 2 aromatic rings. The van der Waals surface area contributed by atoms with Gasteiger partial charge < -0.3 is 19.9 Å². The fourth-order valence-corrected chi connectivity index (χ4v) is 6.43. The van der Waals surface area contributed by atoms with Crippen molar-refractivity contribution in [2.24, 2.45) is 11.8 Å². The van der Waals surface area contributed by atoms with Crippen LogP contribution in [0.5, 0.6) is 0 Å². The SMILES string of the molecule is CN(C(=O)N(C)[C@@H]1CN(C(=O)C2CCC(CNC(=O)OC(C)(C)C)CC2)C[C@H]1c1ccc(F)cc1)c1cc(C(F)(F)F)cc(C(F)(F)F)c1. The summed E-state index contributed by atoms with van der Waals surface area (Å²) in [5.74, 6) is -1.33. The third kappa shape index (κ3) is 9.56. The summed E-state index contributed by atoms with van der Waals surface area (Å²) in [5, 5.41) is 2.77. The van der Waals surface area contributed by atoms with Gasteiger partial charge in [-0.1, -0.05) is 12.1 Å². The molecule has 2 aliphatic rings. The first-order valence-corrected chi connectivity index (χ1v) is 15.9. The summed E-state index contributed by atoms with van der Waals surface area (Å²) in [6.45, 7) is 5.92. The molecule has 1 aliphatic carbocycles. The van der Waals surface area contributed by atoms with Crippen molar-refractivity contribution in [3.8, 4) is 0 Å². The van der Waals surface area contributed by atoms with Crippen LogP contribution in [0.2, 0.25) is 0 Å². The molecular formula is C34H41F7N4O4. The minimum atomic E-state index is -5.10. The topological polar surface area (TPSA) is 82.2 Å². The Morgan fingerprint density at radius 3 is 1.92 bits per heavy atom. The number of alkyl halides is 6. The molecule has 8 nitrogen and oxygen atoms in total. The number of carbonyl (C=O) groups is 3. The molecule has 0 bridgehead atoms. The first kappa shape index (κ1) is 37.8. The number of urea groups is 1. The van der Waals surface area contributed by atoms with Crippen LogP contribution in [0.1, 0.15) is 69.1 Å². The number of alkyl carbamates (subject to hydrolysis) is 1. The van der Waals surface area contributed by atoms with E-state index in [0.29, 0.717) is 54.8 Å². The molecule has 2 aromatic carbocycles. The summed E-state index contributed by atoms with van der Waals surface area (Å²) in [6, 6.07) is 4.83. The number of hydrogen-bond donors (Lipinski definition) is 1. The number of likely N-dealkylation sites (tertiary alicyclic amines) is 1. The second-order valence-corrected chi connectivity index (χ2v) is 13.8. The van der Waals surface area contributed by atoms with Crippen LogP contribution in [-0.2, 0) is 21.9 Å². The minimum Gasteiger partial charge on any atom is -0.444 e. The Kier molecular flexibility index (Phi) is 11.1. The summed E-state index contributed by atoms with van der Waals surface area (Å²) >= 11 is 0. The van der Waals surface area contributed by atoms with Gasteiger partial charge >= 0.3 is 24.5 Å². The third-order valence-electron chi connectivity index (χ3n) is 9.07. The van der Waals surface area contributed by atoms with Crippen LogP contribution in [-0.4, -0.2) is 73.2 Å². The molecule has 49 heavy (non-hydrogen) atoms. The molecule has 0 radical (unpaired) electrons. The van der Waals surface area contributed by atoms with Crippen molar-refractivity contribution in [2.45, 2.75) is 76.4 Å². The molecule has 1 saturated carbocycles. The Balaban J connectivity index is 1.50. The van der Waals surface area contributed by atoms with E-state index in [1.807, 2.05) is 0 Å². The molecule has 0 unspecified atom stereocenters. The Bertz CT molecular complexity index is 1470. The number of carbonyl (C=O) groups excluding carboxylic acids is 3. The highest BCUT2D eigenvalue weighted by Crippen LogP contribution is 2.40. The molecule has 0 aromatic heterocycles. The smallest absolute Gasteiger partial charge is 0.416 e. The predicted molar refractivity (Wildman–Crippen MR) is 167 cm³/mol. The lowest BCUT2D eigenvalue weighted by atomic mass is 9.81. The number of halogens is 7. The van der Waals surface area contributed by atoms with Gasteiger partial charge in [0, 0.05) is 51.3 Å². The lowest BCUT2D eigenvalue weighted by molar-refractivity contribution is -0.143. The quantitative estimate of drug-likeness (QED) is 0.314. The monoisotopic (exact) mass is 702 g/mol. The molecule has 1 saturated heterocycles. The van der Waals surface area contributed by atoms with E-state index in [2.05, 4.69) is 5.32 Å². The summed E-state index contributed by atoms with van der Waals surface area (Å²) in [7, 11) is 2.45. The first-order chi connectivity index (χ1) is 22.6. The second-order valence-electron chi connectivity index (χ2n) is 13.8. The Morgan fingerprint density at radius 2 is 1.41 bits per heavy atom. The van der Waals surface area contributed by atoms with Crippen molar-refractivity contribution in [3.63, 3.8) is 0 Å². The van der Waals surface area contributed by atoms with Crippen LogP contribution in [0.15, 0.2) is 42.5 Å². The molecule has 2 atom stereocenters. The normalized spacial score (nSPS) is 21.7. The zero-order chi connectivity index (χ0) is 36.5. The number of ether oxygens (including phenoxy) is 1. The van der Waals surface area contributed by atoms with Crippen molar-refractivity contribution in [1.29, 1.82) is 0 Å². The number of likely N-dealkylation sites (N-methyl/N-ethyl adjacent to an activating group) is 1. The van der Waals surface area contributed by atoms with Crippen molar-refractivity contribution in [1.82, 2.24) is 15.1 Å². The highest BCUT2D eigenvalue weighted by atomic mass is 19.4. The first-order valence-electron chi connectivity index (χ1n) is 15.9. The van der Waals surface area contributed by atoms with Gasteiger partial charge in [-0.25, -0.2) is 14.0 Å². The highest BCUT2D eigenvalue weighted by Gasteiger charge is 2.43. The van der Waals surface area contributed by atoms with E-state index in [4.69, 9.17) is 4.74 Å². The fourth-order valence-electron chi connectivity index (χ4n) is 6.43. The van der Waals surface area contributed by atoms with Crippen LogP contribution >= 0.6 is 0 Å². The molecule has 1 aliphatic heterocycles. The maximum atomic E-state index is 13.8. The van der Waals surface area contributed by atoms with E-state index in [0.717, 1.165) is 7.05 Å². The number of nitrogens with one attached hydrogen (secondary N) is 1. The van der Waals surface area contributed by atoms with Gasteiger partial charge in [-0.3, -0.25) is 9.69 Å². The van der Waals surface area contributed by atoms with Crippen molar-refractivity contribution < 1.29 is 49.9 Å².